The van der Waals surface area contributed by atoms with E-state index < -0.39 is 18.0 Å². The third-order valence-corrected chi connectivity index (χ3v) is 4.74. The van der Waals surface area contributed by atoms with E-state index in [9.17, 15) is 18.0 Å². The third-order valence-electron chi connectivity index (χ3n) is 4.74. The first-order valence-corrected chi connectivity index (χ1v) is 7.38. The minimum absolute atomic E-state index is 0.00577. The van der Waals surface area contributed by atoms with Crippen molar-refractivity contribution in [1.82, 2.24) is 4.90 Å². The van der Waals surface area contributed by atoms with Crippen molar-refractivity contribution in [3.63, 3.8) is 0 Å². The van der Waals surface area contributed by atoms with Gasteiger partial charge in [-0.15, -0.1) is 0 Å². The summed E-state index contributed by atoms with van der Waals surface area (Å²) in [6.07, 6.45) is -0.913. The SMILES string of the molecule is CN(C(=O)C1CCCC(C(F)(F)F)C1)C(CN)C1CC1. The molecule has 2 fully saturated rings. The van der Waals surface area contributed by atoms with Gasteiger partial charge in [0.05, 0.1) is 5.92 Å². The van der Waals surface area contributed by atoms with Gasteiger partial charge >= 0.3 is 6.18 Å². The van der Waals surface area contributed by atoms with Gasteiger partial charge in [0.25, 0.3) is 0 Å². The van der Waals surface area contributed by atoms with Gasteiger partial charge in [0.2, 0.25) is 5.91 Å². The van der Waals surface area contributed by atoms with E-state index in [4.69, 9.17) is 5.73 Å². The lowest BCUT2D eigenvalue weighted by Gasteiger charge is -2.35. The quantitative estimate of drug-likeness (QED) is 0.865. The molecule has 2 aliphatic rings. The van der Waals surface area contributed by atoms with Crippen molar-refractivity contribution in [2.75, 3.05) is 13.6 Å². The molecule has 2 rings (SSSR count). The summed E-state index contributed by atoms with van der Waals surface area (Å²) in [5.74, 6) is -1.53. The zero-order valence-corrected chi connectivity index (χ0v) is 11.8. The highest BCUT2D eigenvalue weighted by atomic mass is 19.4. The zero-order valence-electron chi connectivity index (χ0n) is 11.8. The number of rotatable bonds is 4. The molecule has 0 aromatic heterocycles. The van der Waals surface area contributed by atoms with Crippen LogP contribution < -0.4 is 5.73 Å². The van der Waals surface area contributed by atoms with E-state index in [0.717, 1.165) is 12.8 Å². The van der Waals surface area contributed by atoms with Crippen molar-refractivity contribution in [2.45, 2.75) is 50.7 Å². The average molecular weight is 292 g/mol. The number of hydrogen-bond donors (Lipinski definition) is 1. The van der Waals surface area contributed by atoms with Gasteiger partial charge in [0, 0.05) is 25.6 Å². The Morgan fingerprint density at radius 2 is 1.95 bits per heavy atom. The van der Waals surface area contributed by atoms with Gasteiger partial charge in [-0.05, 0) is 38.0 Å². The number of carbonyl (C=O) groups excluding carboxylic acids is 1. The van der Waals surface area contributed by atoms with E-state index in [2.05, 4.69) is 0 Å². The van der Waals surface area contributed by atoms with Crippen LogP contribution in [0.1, 0.15) is 38.5 Å². The minimum Gasteiger partial charge on any atom is -0.341 e. The Bertz CT molecular complexity index is 355. The lowest BCUT2D eigenvalue weighted by molar-refractivity contribution is -0.187. The highest BCUT2D eigenvalue weighted by Gasteiger charge is 2.45. The summed E-state index contributed by atoms with van der Waals surface area (Å²) >= 11 is 0. The molecular formula is C14H23F3N2O. The maximum atomic E-state index is 12.8. The monoisotopic (exact) mass is 292 g/mol. The molecule has 0 heterocycles. The van der Waals surface area contributed by atoms with Gasteiger partial charge in [-0.3, -0.25) is 4.79 Å². The average Bonchev–Trinajstić information content (AvgIpc) is 3.22. The molecule has 3 atom stereocenters. The molecule has 0 aromatic rings. The number of halogens is 3. The molecule has 3 unspecified atom stereocenters. The van der Waals surface area contributed by atoms with Crippen LogP contribution in [-0.2, 0) is 4.79 Å². The number of nitrogens with zero attached hydrogens (tertiary/aromatic N) is 1. The van der Waals surface area contributed by atoms with Crippen LogP contribution in [0.4, 0.5) is 13.2 Å². The van der Waals surface area contributed by atoms with Crippen LogP contribution >= 0.6 is 0 Å². The Morgan fingerprint density at radius 1 is 1.30 bits per heavy atom. The molecule has 2 saturated carbocycles. The van der Waals surface area contributed by atoms with Crippen molar-refractivity contribution in [3.8, 4) is 0 Å². The Kier molecular flexibility index (Phi) is 4.62. The summed E-state index contributed by atoms with van der Waals surface area (Å²) in [5.41, 5.74) is 5.70. The summed E-state index contributed by atoms with van der Waals surface area (Å²) in [6, 6.07) is -0.00577. The van der Waals surface area contributed by atoms with Crippen LogP contribution in [0, 0.1) is 17.8 Å². The van der Waals surface area contributed by atoms with E-state index in [-0.39, 0.29) is 24.8 Å². The molecule has 0 aromatic carbocycles. The second-order valence-corrected chi connectivity index (χ2v) is 6.19. The van der Waals surface area contributed by atoms with Crippen molar-refractivity contribution >= 4 is 5.91 Å². The Balaban J connectivity index is 1.97. The lowest BCUT2D eigenvalue weighted by Crippen LogP contribution is -2.47. The Morgan fingerprint density at radius 3 is 2.45 bits per heavy atom. The van der Waals surface area contributed by atoms with E-state index in [1.54, 1.807) is 11.9 Å². The zero-order chi connectivity index (χ0) is 14.9. The number of alkyl halides is 3. The third kappa shape index (κ3) is 3.45. The Hall–Kier alpha value is -0.780. The first kappa shape index (κ1) is 15.6. The van der Waals surface area contributed by atoms with Crippen LogP contribution in [0.2, 0.25) is 0 Å². The predicted molar refractivity (Wildman–Crippen MR) is 69.8 cm³/mol. The molecule has 0 saturated heterocycles. The van der Waals surface area contributed by atoms with Crippen LogP contribution in [0.5, 0.6) is 0 Å². The maximum Gasteiger partial charge on any atom is 0.391 e. The van der Waals surface area contributed by atoms with Crippen LogP contribution in [0.3, 0.4) is 0 Å². The summed E-state index contributed by atoms with van der Waals surface area (Å²) in [6.45, 7) is 0.391. The molecule has 0 aliphatic heterocycles. The minimum atomic E-state index is -4.18. The predicted octanol–water partition coefficient (Wildman–Crippen LogP) is 2.55. The van der Waals surface area contributed by atoms with E-state index >= 15 is 0 Å². The normalized spacial score (nSPS) is 29.1. The highest BCUT2D eigenvalue weighted by molar-refractivity contribution is 5.79. The number of nitrogens with two attached hydrogens (primary N) is 1. The van der Waals surface area contributed by atoms with E-state index in [1.165, 1.54) is 0 Å². The van der Waals surface area contributed by atoms with Crippen molar-refractivity contribution in [1.29, 1.82) is 0 Å². The number of hydrogen-bond acceptors (Lipinski definition) is 2. The molecule has 2 N–H and O–H groups in total. The summed E-state index contributed by atoms with van der Waals surface area (Å²) < 4.78 is 38.4. The summed E-state index contributed by atoms with van der Waals surface area (Å²) in [5, 5.41) is 0. The molecule has 0 bridgehead atoms. The van der Waals surface area contributed by atoms with Gasteiger partial charge < -0.3 is 10.6 Å². The van der Waals surface area contributed by atoms with Crippen molar-refractivity contribution < 1.29 is 18.0 Å². The molecule has 0 spiro atoms. The molecule has 116 valence electrons. The maximum absolute atomic E-state index is 12.8. The molecule has 6 heteroatoms. The summed E-state index contributed by atoms with van der Waals surface area (Å²) in [4.78, 5) is 14.0. The van der Waals surface area contributed by atoms with Crippen LogP contribution in [-0.4, -0.2) is 36.6 Å². The summed E-state index contributed by atoms with van der Waals surface area (Å²) in [7, 11) is 1.69. The standard InChI is InChI=1S/C14H23F3N2O/c1-19(12(8-18)9-5-6-9)13(20)10-3-2-4-11(7-10)14(15,16)17/h9-12H,2-8,18H2,1H3. The fourth-order valence-electron chi connectivity index (χ4n) is 3.31. The first-order valence-electron chi connectivity index (χ1n) is 7.38. The van der Waals surface area contributed by atoms with Gasteiger partial charge in [-0.2, -0.15) is 13.2 Å². The second kappa shape index (κ2) is 5.92. The fourth-order valence-corrected chi connectivity index (χ4v) is 3.31. The van der Waals surface area contributed by atoms with E-state index in [0.29, 0.717) is 25.3 Å². The van der Waals surface area contributed by atoms with Gasteiger partial charge in [-0.25, -0.2) is 0 Å². The topological polar surface area (TPSA) is 46.3 Å². The number of carbonyl (C=O) groups is 1. The molecular weight excluding hydrogens is 269 g/mol. The fraction of sp³-hybridized carbons (Fsp3) is 0.929. The van der Waals surface area contributed by atoms with Crippen LogP contribution in [0.25, 0.3) is 0 Å². The first-order chi connectivity index (χ1) is 9.34. The lowest BCUT2D eigenvalue weighted by atomic mass is 9.80. The largest absolute Gasteiger partial charge is 0.391 e. The number of amides is 1. The highest BCUT2D eigenvalue weighted by Crippen LogP contribution is 2.41. The van der Waals surface area contributed by atoms with Crippen molar-refractivity contribution in [3.05, 3.63) is 0 Å². The van der Waals surface area contributed by atoms with Gasteiger partial charge in [0.1, 0.15) is 0 Å². The number of likely N-dealkylation sites (N-methyl/N-ethyl adjacent to an activating group) is 1. The van der Waals surface area contributed by atoms with Crippen LogP contribution in [0.15, 0.2) is 0 Å². The molecule has 3 nitrogen and oxygen atoms in total. The molecule has 1 amide bonds. The molecule has 2 aliphatic carbocycles. The van der Waals surface area contributed by atoms with Crippen molar-refractivity contribution in [2.24, 2.45) is 23.5 Å². The second-order valence-electron chi connectivity index (χ2n) is 6.19. The smallest absolute Gasteiger partial charge is 0.341 e. The Labute approximate surface area is 117 Å². The molecule has 20 heavy (non-hydrogen) atoms. The van der Waals surface area contributed by atoms with Gasteiger partial charge in [0.15, 0.2) is 0 Å². The molecule has 0 radical (unpaired) electrons. The van der Waals surface area contributed by atoms with Gasteiger partial charge in [-0.1, -0.05) is 6.42 Å². The van der Waals surface area contributed by atoms with E-state index in [1.807, 2.05) is 0 Å².